The van der Waals surface area contributed by atoms with E-state index in [1.165, 1.54) is 5.56 Å². The summed E-state index contributed by atoms with van der Waals surface area (Å²) in [4.78, 5) is 38.8. The number of hydrogen-bond acceptors (Lipinski definition) is 10. The van der Waals surface area contributed by atoms with Gasteiger partial charge in [-0.2, -0.15) is 9.40 Å². The number of fused-ring (bicyclic) bond motifs is 1. The first-order chi connectivity index (χ1) is 26.1. The van der Waals surface area contributed by atoms with E-state index >= 15 is 0 Å². The van der Waals surface area contributed by atoms with Gasteiger partial charge in [0.1, 0.15) is 0 Å². The lowest BCUT2D eigenvalue weighted by molar-refractivity contribution is -0.120. The summed E-state index contributed by atoms with van der Waals surface area (Å²) >= 11 is 0. The second-order valence-corrected chi connectivity index (χ2v) is 17.0. The van der Waals surface area contributed by atoms with Gasteiger partial charge in [0.25, 0.3) is 0 Å². The van der Waals surface area contributed by atoms with Crippen LogP contribution in [0.3, 0.4) is 0 Å². The maximum atomic E-state index is 13.7. The molecule has 0 spiro atoms. The second-order valence-electron chi connectivity index (χ2n) is 15.0. The molecule has 8 rings (SSSR count). The van der Waals surface area contributed by atoms with Crippen LogP contribution in [0.4, 0.5) is 26.6 Å². The number of sulfonamides is 1. The summed E-state index contributed by atoms with van der Waals surface area (Å²) in [6, 6.07) is 13.4. The monoisotopic (exact) mass is 758 g/mol. The van der Waals surface area contributed by atoms with Crippen molar-refractivity contribution in [1.29, 1.82) is 0 Å². The molecule has 2 aromatic heterocycles. The normalized spacial score (nSPS) is 20.5. The Morgan fingerprint density at radius 2 is 1.63 bits per heavy atom. The topological polar surface area (TPSA) is 149 Å². The summed E-state index contributed by atoms with van der Waals surface area (Å²) in [5, 5.41) is 11.1. The van der Waals surface area contributed by atoms with E-state index in [2.05, 4.69) is 53.7 Å². The first-order valence-corrected chi connectivity index (χ1v) is 20.4. The molecular weight excluding hydrogens is 712 g/mol. The number of halogens is 1. The first-order valence-electron chi connectivity index (χ1n) is 19.0. The molecule has 0 saturated carbocycles. The molecule has 2 N–H and O–H groups in total. The summed E-state index contributed by atoms with van der Waals surface area (Å²) in [5.74, 6) is 1.24. The Labute approximate surface area is 314 Å². The average molecular weight is 759 g/mol. The van der Waals surface area contributed by atoms with Crippen molar-refractivity contribution in [1.82, 2.24) is 34.3 Å². The van der Waals surface area contributed by atoms with E-state index in [0.29, 0.717) is 61.0 Å². The highest BCUT2D eigenvalue weighted by molar-refractivity contribution is 7.89. The maximum Gasteiger partial charge on any atom is 0.329 e. The van der Waals surface area contributed by atoms with Gasteiger partial charge in [0, 0.05) is 69.9 Å². The van der Waals surface area contributed by atoms with Crippen molar-refractivity contribution < 1.29 is 22.4 Å². The van der Waals surface area contributed by atoms with Gasteiger partial charge in [0.05, 0.1) is 22.8 Å². The Kier molecular flexibility index (Phi) is 10.2. The molecular formula is C38H47FN10O4S. The number of hydrogen-bond donors (Lipinski definition) is 2. The third kappa shape index (κ3) is 7.64. The third-order valence-electron chi connectivity index (χ3n) is 11.6. The van der Waals surface area contributed by atoms with Crippen LogP contribution in [0.1, 0.15) is 56.4 Å². The number of carbonyl (C=O) groups is 2. The predicted molar refractivity (Wildman–Crippen MR) is 203 cm³/mol. The Bertz CT molecular complexity index is 2110. The van der Waals surface area contributed by atoms with Crippen molar-refractivity contribution in [2.75, 3.05) is 67.5 Å². The molecule has 0 atom stereocenters. The van der Waals surface area contributed by atoms with E-state index in [1.54, 1.807) is 15.3 Å². The number of anilines is 3. The molecule has 0 radical (unpaired) electrons. The lowest BCUT2D eigenvalue weighted by Gasteiger charge is -2.38. The van der Waals surface area contributed by atoms with E-state index in [9.17, 15) is 22.4 Å². The van der Waals surface area contributed by atoms with Crippen molar-refractivity contribution in [3.05, 3.63) is 66.2 Å². The number of nitrogens with one attached hydrogen (secondary N) is 2. The highest BCUT2D eigenvalue weighted by Gasteiger charge is 2.32. The van der Waals surface area contributed by atoms with Crippen molar-refractivity contribution in [2.45, 2.75) is 61.8 Å². The molecule has 14 nitrogen and oxygen atoms in total. The fourth-order valence-electron chi connectivity index (χ4n) is 8.46. The number of aryl methyl sites for hydroxylation is 1. The molecule has 2 aromatic carbocycles. The van der Waals surface area contributed by atoms with Crippen LogP contribution in [0, 0.1) is 11.7 Å². The minimum atomic E-state index is -3.64. The zero-order valence-corrected chi connectivity index (χ0v) is 31.3. The Balaban J connectivity index is 0.808. The van der Waals surface area contributed by atoms with Gasteiger partial charge in [-0.3, -0.25) is 19.7 Å². The van der Waals surface area contributed by atoms with Crippen molar-refractivity contribution in [2.24, 2.45) is 13.0 Å². The number of nitrogens with zero attached hydrogens (tertiary/aromatic N) is 8. The zero-order valence-electron chi connectivity index (χ0n) is 30.5. The molecule has 16 heteroatoms. The molecule has 3 amide bonds. The molecule has 6 heterocycles. The SMILES string of the molecule is Cn1nc(N2CCC(=O)NC2=O)c2ccc(C3CCN(CC4CCN(c5cccc(S(=O)(=O)N6CCC(Nc7ncc(F)cn7)CC6)c5)CC4)CC3)cc21. The summed E-state index contributed by atoms with van der Waals surface area (Å²) < 4.78 is 43.8. The maximum absolute atomic E-state index is 13.7. The molecule has 4 aliphatic rings. The summed E-state index contributed by atoms with van der Waals surface area (Å²) in [6.45, 7) is 6.08. The molecule has 0 bridgehead atoms. The van der Waals surface area contributed by atoms with Gasteiger partial charge in [0.15, 0.2) is 11.6 Å². The van der Waals surface area contributed by atoms with Crippen LogP contribution >= 0.6 is 0 Å². The van der Waals surface area contributed by atoms with Crippen LogP contribution in [0.15, 0.2) is 59.8 Å². The molecule has 54 heavy (non-hydrogen) atoms. The Hall–Kier alpha value is -4.67. The molecule has 0 unspecified atom stereocenters. The fraction of sp³-hybridized carbons (Fsp3) is 0.500. The molecule has 4 saturated heterocycles. The van der Waals surface area contributed by atoms with E-state index in [0.717, 1.165) is 87.4 Å². The van der Waals surface area contributed by atoms with Gasteiger partial charge < -0.3 is 15.1 Å². The highest BCUT2D eigenvalue weighted by Crippen LogP contribution is 2.35. The van der Waals surface area contributed by atoms with Crippen LogP contribution in [-0.4, -0.2) is 108 Å². The van der Waals surface area contributed by atoms with E-state index in [4.69, 9.17) is 0 Å². The number of amides is 3. The number of likely N-dealkylation sites (tertiary alicyclic amines) is 1. The van der Waals surface area contributed by atoms with Gasteiger partial charge in [0.2, 0.25) is 21.9 Å². The van der Waals surface area contributed by atoms with Crippen LogP contribution < -0.4 is 20.4 Å². The van der Waals surface area contributed by atoms with Crippen LogP contribution in [0.25, 0.3) is 10.9 Å². The number of carbonyl (C=O) groups excluding carboxylic acids is 2. The average Bonchev–Trinajstić information content (AvgIpc) is 3.51. The lowest BCUT2D eigenvalue weighted by Crippen LogP contribution is -2.49. The first kappa shape index (κ1) is 36.3. The number of rotatable bonds is 9. The molecule has 4 aromatic rings. The number of benzene rings is 2. The molecule has 4 fully saturated rings. The summed E-state index contributed by atoms with van der Waals surface area (Å²) in [5.41, 5.74) is 3.23. The molecule has 4 aliphatic heterocycles. The lowest BCUT2D eigenvalue weighted by atomic mass is 9.88. The Morgan fingerprint density at radius 3 is 2.35 bits per heavy atom. The van der Waals surface area contributed by atoms with Crippen LogP contribution in [-0.2, 0) is 21.9 Å². The van der Waals surface area contributed by atoms with Gasteiger partial charge >= 0.3 is 6.03 Å². The quantitative estimate of drug-likeness (QED) is 0.253. The summed E-state index contributed by atoms with van der Waals surface area (Å²) in [6.07, 6.45) is 8.02. The molecule has 0 aliphatic carbocycles. The van der Waals surface area contributed by atoms with Crippen LogP contribution in [0.2, 0.25) is 0 Å². The van der Waals surface area contributed by atoms with E-state index in [-0.39, 0.29) is 18.4 Å². The van der Waals surface area contributed by atoms with Crippen molar-refractivity contribution in [3.63, 3.8) is 0 Å². The number of aromatic nitrogens is 4. The smallest absolute Gasteiger partial charge is 0.329 e. The number of imide groups is 1. The zero-order chi connectivity index (χ0) is 37.4. The fourth-order valence-corrected chi connectivity index (χ4v) is 9.97. The van der Waals surface area contributed by atoms with Gasteiger partial charge in [-0.05, 0) is 99.3 Å². The summed E-state index contributed by atoms with van der Waals surface area (Å²) in [7, 11) is -1.74. The van der Waals surface area contributed by atoms with Crippen molar-refractivity contribution in [3.8, 4) is 0 Å². The van der Waals surface area contributed by atoms with Crippen LogP contribution in [0.5, 0.6) is 0 Å². The third-order valence-corrected chi connectivity index (χ3v) is 13.5. The second kappa shape index (κ2) is 15.2. The van der Waals surface area contributed by atoms with Gasteiger partial charge in [-0.15, -0.1) is 0 Å². The minimum Gasteiger partial charge on any atom is -0.371 e. The number of urea groups is 1. The standard InChI is InChI=1S/C38H47FN10O4S/c1-45-34-21-28(5-6-33(34)36(44-45)49-20-13-35(50)43-38(49)51)27-9-14-46(15-10-27)25-26-7-16-47(17-8-26)31-3-2-4-32(22-31)54(52,53)48-18-11-30(12-19-48)42-37-40-23-29(39)24-41-37/h2-6,21-24,26-27,30H,7-20,25H2,1H3,(H,40,41,42)(H,43,50,51). The largest absolute Gasteiger partial charge is 0.371 e. The number of piperidine rings is 3. The van der Waals surface area contributed by atoms with Gasteiger partial charge in [-0.1, -0.05) is 12.1 Å². The predicted octanol–water partition coefficient (Wildman–Crippen LogP) is 4.31. The minimum absolute atomic E-state index is 0.0191. The highest BCUT2D eigenvalue weighted by atomic mass is 32.2. The van der Waals surface area contributed by atoms with Gasteiger partial charge in [-0.25, -0.2) is 27.6 Å². The Morgan fingerprint density at radius 1 is 0.889 bits per heavy atom. The van der Waals surface area contributed by atoms with E-state index < -0.39 is 21.9 Å². The van der Waals surface area contributed by atoms with Crippen molar-refractivity contribution >= 4 is 50.3 Å². The molecule has 286 valence electrons. The van der Waals surface area contributed by atoms with E-state index in [1.807, 2.05) is 29.9 Å².